The molecule has 1 aromatic heterocycles. The van der Waals surface area contributed by atoms with Gasteiger partial charge < -0.3 is 10.8 Å². The minimum absolute atomic E-state index is 0.0921. The normalized spacial score (nSPS) is 15.6. The smallest absolute Gasteiger partial charge is 0.0701 e. The molecule has 4 heteroatoms. The van der Waals surface area contributed by atoms with Crippen molar-refractivity contribution in [1.29, 1.82) is 0 Å². The molecule has 2 rings (SSSR count). The Hall–Kier alpha value is -1.39. The van der Waals surface area contributed by atoms with Crippen molar-refractivity contribution in [3.8, 4) is 0 Å². The van der Waals surface area contributed by atoms with Crippen molar-refractivity contribution in [2.24, 2.45) is 5.73 Å². The van der Waals surface area contributed by atoms with Crippen LogP contribution in [0.5, 0.6) is 0 Å². The number of hydrogen-bond acceptors (Lipinski definition) is 3. The third kappa shape index (κ3) is 1.29. The van der Waals surface area contributed by atoms with Crippen LogP contribution in [0.3, 0.4) is 0 Å². The first kappa shape index (κ1) is 9.18. The maximum atomic E-state index is 9.19. The summed E-state index contributed by atoms with van der Waals surface area (Å²) >= 11 is 0. The third-order valence-corrected chi connectivity index (χ3v) is 2.42. The minimum Gasteiger partial charge on any atom is -0.394 e. The summed E-state index contributed by atoms with van der Waals surface area (Å²) in [6.45, 7) is 1.70. The molecule has 0 bridgehead atoms. The van der Waals surface area contributed by atoms with Crippen LogP contribution >= 0.6 is 0 Å². The van der Waals surface area contributed by atoms with E-state index in [4.69, 9.17) is 5.73 Å². The topological polar surface area (TPSA) is 74.9 Å². The van der Waals surface area contributed by atoms with E-state index in [1.54, 1.807) is 13.1 Å². The van der Waals surface area contributed by atoms with E-state index in [-0.39, 0.29) is 6.61 Å². The van der Waals surface area contributed by atoms with Gasteiger partial charge in [-0.2, -0.15) is 5.10 Å². The highest BCUT2D eigenvalue weighted by Crippen LogP contribution is 2.24. The number of benzene rings is 1. The van der Waals surface area contributed by atoms with Crippen LogP contribution in [0, 0.1) is 0 Å². The number of hydrogen-bond donors (Lipinski definition) is 3. The second-order valence-corrected chi connectivity index (χ2v) is 3.72. The zero-order chi connectivity index (χ0) is 10.2. The Morgan fingerprint density at radius 2 is 2.36 bits per heavy atom. The molecule has 1 atom stereocenters. The van der Waals surface area contributed by atoms with E-state index in [1.807, 2.05) is 18.2 Å². The Balaban J connectivity index is 2.67. The first-order valence-corrected chi connectivity index (χ1v) is 4.47. The molecule has 0 radical (unpaired) electrons. The molecule has 0 aliphatic carbocycles. The lowest BCUT2D eigenvalue weighted by atomic mass is 9.92. The summed E-state index contributed by atoms with van der Waals surface area (Å²) in [5.74, 6) is 0. The van der Waals surface area contributed by atoms with Gasteiger partial charge in [-0.05, 0) is 12.5 Å². The number of aromatic nitrogens is 2. The van der Waals surface area contributed by atoms with Gasteiger partial charge in [0.1, 0.15) is 0 Å². The lowest BCUT2D eigenvalue weighted by Gasteiger charge is -2.22. The SMILES string of the molecule is CC(N)(CO)c1cccc2cn[nH]c12. The Labute approximate surface area is 81.7 Å². The molecule has 1 aromatic carbocycles. The fourth-order valence-electron chi connectivity index (χ4n) is 1.53. The van der Waals surface area contributed by atoms with Crippen molar-refractivity contribution in [2.45, 2.75) is 12.5 Å². The fourth-order valence-corrected chi connectivity index (χ4v) is 1.53. The van der Waals surface area contributed by atoms with E-state index in [9.17, 15) is 5.11 Å². The van der Waals surface area contributed by atoms with Gasteiger partial charge in [-0.1, -0.05) is 18.2 Å². The number of aliphatic hydroxyl groups excluding tert-OH is 1. The van der Waals surface area contributed by atoms with Crippen LogP contribution in [0.15, 0.2) is 24.4 Å². The average molecular weight is 191 g/mol. The molecule has 0 aliphatic rings. The maximum Gasteiger partial charge on any atom is 0.0701 e. The van der Waals surface area contributed by atoms with E-state index < -0.39 is 5.54 Å². The van der Waals surface area contributed by atoms with Gasteiger partial charge in [0.25, 0.3) is 0 Å². The molecule has 0 amide bonds. The molecule has 0 spiro atoms. The van der Waals surface area contributed by atoms with Crippen molar-refractivity contribution >= 4 is 10.9 Å². The van der Waals surface area contributed by atoms with Gasteiger partial charge in [-0.25, -0.2) is 0 Å². The van der Waals surface area contributed by atoms with Crippen LogP contribution in [0.25, 0.3) is 10.9 Å². The van der Waals surface area contributed by atoms with Crippen LogP contribution in [-0.2, 0) is 5.54 Å². The van der Waals surface area contributed by atoms with Crippen molar-refractivity contribution in [3.05, 3.63) is 30.0 Å². The van der Waals surface area contributed by atoms with Gasteiger partial charge in [0.05, 0.1) is 23.9 Å². The van der Waals surface area contributed by atoms with Crippen LogP contribution in [-0.4, -0.2) is 21.9 Å². The molecule has 1 unspecified atom stereocenters. The van der Waals surface area contributed by atoms with Gasteiger partial charge in [-0.3, -0.25) is 5.10 Å². The van der Waals surface area contributed by atoms with Crippen LogP contribution in [0.2, 0.25) is 0 Å². The Kier molecular flexibility index (Phi) is 2.02. The number of H-pyrrole nitrogens is 1. The summed E-state index contributed by atoms with van der Waals surface area (Å²) in [6, 6.07) is 5.76. The lowest BCUT2D eigenvalue weighted by Crippen LogP contribution is -2.37. The van der Waals surface area contributed by atoms with Gasteiger partial charge >= 0.3 is 0 Å². The number of rotatable bonds is 2. The predicted octanol–water partition coefficient (Wildman–Crippen LogP) is 0.729. The fraction of sp³-hybridized carbons (Fsp3) is 0.300. The van der Waals surface area contributed by atoms with Crippen LogP contribution in [0.4, 0.5) is 0 Å². The highest BCUT2D eigenvalue weighted by molar-refractivity contribution is 5.82. The standard InChI is InChI=1S/C10H13N3O/c1-10(11,6-14)8-4-2-3-7-5-12-13-9(7)8/h2-5,14H,6,11H2,1H3,(H,12,13). The highest BCUT2D eigenvalue weighted by atomic mass is 16.3. The van der Waals surface area contributed by atoms with Crippen LogP contribution < -0.4 is 5.73 Å². The molecule has 14 heavy (non-hydrogen) atoms. The second kappa shape index (κ2) is 3.08. The molecule has 74 valence electrons. The monoisotopic (exact) mass is 191 g/mol. The summed E-state index contributed by atoms with van der Waals surface area (Å²) in [7, 11) is 0. The first-order valence-electron chi connectivity index (χ1n) is 4.47. The number of aromatic amines is 1. The predicted molar refractivity (Wildman–Crippen MR) is 54.7 cm³/mol. The summed E-state index contributed by atoms with van der Waals surface area (Å²) in [5.41, 5.74) is 7.01. The molecule has 2 aromatic rings. The number of nitrogens with zero attached hydrogens (tertiary/aromatic N) is 1. The Bertz CT molecular complexity index is 447. The molecule has 0 fully saturated rings. The first-order chi connectivity index (χ1) is 6.65. The van der Waals surface area contributed by atoms with Crippen molar-refractivity contribution in [3.63, 3.8) is 0 Å². The van der Waals surface area contributed by atoms with E-state index in [2.05, 4.69) is 10.2 Å². The van der Waals surface area contributed by atoms with E-state index in [0.717, 1.165) is 16.5 Å². The molecule has 1 heterocycles. The van der Waals surface area contributed by atoms with Crippen LogP contribution in [0.1, 0.15) is 12.5 Å². The molecule has 0 saturated heterocycles. The maximum absolute atomic E-state index is 9.19. The number of fused-ring (bicyclic) bond motifs is 1. The zero-order valence-corrected chi connectivity index (χ0v) is 7.99. The average Bonchev–Trinajstić information content (AvgIpc) is 2.64. The van der Waals surface area contributed by atoms with Gasteiger partial charge in [0, 0.05) is 5.39 Å². The minimum atomic E-state index is -0.730. The summed E-state index contributed by atoms with van der Waals surface area (Å²) in [6.07, 6.45) is 1.74. The number of nitrogens with one attached hydrogen (secondary N) is 1. The molecule has 0 aliphatic heterocycles. The van der Waals surface area contributed by atoms with E-state index >= 15 is 0 Å². The second-order valence-electron chi connectivity index (χ2n) is 3.72. The Morgan fingerprint density at radius 1 is 1.57 bits per heavy atom. The quantitative estimate of drug-likeness (QED) is 0.655. The summed E-state index contributed by atoms with van der Waals surface area (Å²) in [4.78, 5) is 0. The molecular weight excluding hydrogens is 178 g/mol. The van der Waals surface area contributed by atoms with Gasteiger partial charge in [0.15, 0.2) is 0 Å². The highest BCUT2D eigenvalue weighted by Gasteiger charge is 2.22. The van der Waals surface area contributed by atoms with E-state index in [0.29, 0.717) is 0 Å². The summed E-state index contributed by atoms with van der Waals surface area (Å²) < 4.78 is 0. The van der Waals surface area contributed by atoms with Crippen molar-refractivity contribution < 1.29 is 5.11 Å². The lowest BCUT2D eigenvalue weighted by molar-refractivity contribution is 0.211. The molecule has 4 N–H and O–H groups in total. The van der Waals surface area contributed by atoms with Crippen molar-refractivity contribution in [2.75, 3.05) is 6.61 Å². The molecular formula is C10H13N3O. The molecule has 4 nitrogen and oxygen atoms in total. The number of para-hydroxylation sites is 1. The van der Waals surface area contributed by atoms with Crippen molar-refractivity contribution in [1.82, 2.24) is 10.2 Å². The molecule has 0 saturated carbocycles. The number of aliphatic hydroxyl groups is 1. The third-order valence-electron chi connectivity index (χ3n) is 2.42. The summed E-state index contributed by atoms with van der Waals surface area (Å²) in [5, 5.41) is 17.0. The number of nitrogens with two attached hydrogens (primary N) is 1. The Morgan fingerprint density at radius 3 is 3.07 bits per heavy atom. The van der Waals surface area contributed by atoms with E-state index in [1.165, 1.54) is 0 Å². The van der Waals surface area contributed by atoms with Gasteiger partial charge in [0.2, 0.25) is 0 Å². The van der Waals surface area contributed by atoms with Gasteiger partial charge in [-0.15, -0.1) is 0 Å². The zero-order valence-electron chi connectivity index (χ0n) is 7.99. The largest absolute Gasteiger partial charge is 0.394 e.